The molecular weight excluding hydrogens is 176 g/mol. The number of hydrogen-bond donors (Lipinski definition) is 0. The Labute approximate surface area is 83.6 Å². The van der Waals surface area contributed by atoms with Crippen LogP contribution in [-0.4, -0.2) is 0 Å². The van der Waals surface area contributed by atoms with Gasteiger partial charge >= 0.3 is 0 Å². The first kappa shape index (κ1) is 12.0. The van der Waals surface area contributed by atoms with Gasteiger partial charge < -0.3 is 0 Å². The summed E-state index contributed by atoms with van der Waals surface area (Å²) in [7, 11) is 0. The van der Waals surface area contributed by atoms with E-state index in [0.29, 0.717) is 19.3 Å². The Bertz CT molecular complexity index is 317. The first-order valence-corrected chi connectivity index (χ1v) is 4.31. The van der Waals surface area contributed by atoms with E-state index in [1.165, 1.54) is 0 Å². The number of nitriles is 4. The third kappa shape index (κ3) is 3.57. The first-order chi connectivity index (χ1) is 6.74. The summed E-state index contributed by atoms with van der Waals surface area (Å²) in [6, 6.07) is 7.75. The maximum Gasteiger partial charge on any atom is 0.144 e. The Balaban J connectivity index is 4.29. The van der Waals surface area contributed by atoms with Gasteiger partial charge in [-0.15, -0.1) is 0 Å². The highest BCUT2D eigenvalue weighted by Gasteiger charge is 2.28. The Morgan fingerprint density at radius 2 is 1.36 bits per heavy atom. The van der Waals surface area contributed by atoms with Crippen molar-refractivity contribution in [2.75, 3.05) is 0 Å². The van der Waals surface area contributed by atoms with Crippen LogP contribution in [0.1, 0.15) is 32.1 Å². The second-order valence-electron chi connectivity index (χ2n) is 2.98. The van der Waals surface area contributed by atoms with Gasteiger partial charge in [0.15, 0.2) is 0 Å². The van der Waals surface area contributed by atoms with Crippen molar-refractivity contribution < 1.29 is 0 Å². The van der Waals surface area contributed by atoms with E-state index < -0.39 is 5.41 Å². The maximum absolute atomic E-state index is 8.84. The quantitative estimate of drug-likeness (QED) is 0.613. The van der Waals surface area contributed by atoms with Crippen LogP contribution >= 0.6 is 0 Å². The molecule has 0 saturated carbocycles. The Morgan fingerprint density at radius 1 is 0.786 bits per heavy atom. The Kier molecular flexibility index (Phi) is 5.53. The molecule has 0 saturated heterocycles. The van der Waals surface area contributed by atoms with E-state index in [-0.39, 0.29) is 12.8 Å². The largest absolute Gasteiger partial charge is 0.198 e. The van der Waals surface area contributed by atoms with Crippen LogP contribution in [0.5, 0.6) is 0 Å². The standard InChI is InChI=1S/C10H10N4/c11-6-2-1-4-10(8-13,9-14)5-3-7-12/h1-5H2. The summed E-state index contributed by atoms with van der Waals surface area (Å²) in [5.41, 5.74) is -1.08. The minimum atomic E-state index is -1.08. The van der Waals surface area contributed by atoms with E-state index in [9.17, 15) is 0 Å². The van der Waals surface area contributed by atoms with E-state index in [2.05, 4.69) is 0 Å². The molecule has 4 nitrogen and oxygen atoms in total. The molecule has 0 aliphatic heterocycles. The van der Waals surface area contributed by atoms with Crippen molar-refractivity contribution >= 4 is 0 Å². The molecule has 70 valence electrons. The first-order valence-electron chi connectivity index (χ1n) is 4.31. The molecule has 0 aromatic heterocycles. The van der Waals surface area contributed by atoms with E-state index in [0.717, 1.165) is 0 Å². The highest BCUT2D eigenvalue weighted by Crippen LogP contribution is 2.28. The summed E-state index contributed by atoms with van der Waals surface area (Å²) >= 11 is 0. The van der Waals surface area contributed by atoms with Crippen molar-refractivity contribution in [3.63, 3.8) is 0 Å². The fraction of sp³-hybridized carbons (Fsp3) is 0.600. The van der Waals surface area contributed by atoms with Gasteiger partial charge in [-0.2, -0.15) is 21.0 Å². The molecule has 0 atom stereocenters. The van der Waals surface area contributed by atoms with Gasteiger partial charge in [-0.1, -0.05) is 0 Å². The zero-order valence-electron chi connectivity index (χ0n) is 7.82. The maximum atomic E-state index is 8.84. The summed E-state index contributed by atoms with van der Waals surface area (Å²) in [6.07, 6.45) is 1.71. The summed E-state index contributed by atoms with van der Waals surface area (Å²) in [4.78, 5) is 0. The van der Waals surface area contributed by atoms with Gasteiger partial charge in [0.05, 0.1) is 24.3 Å². The molecule has 0 amide bonds. The zero-order chi connectivity index (χ0) is 10.9. The lowest BCUT2D eigenvalue weighted by Crippen LogP contribution is -2.15. The van der Waals surface area contributed by atoms with Crippen molar-refractivity contribution in [2.45, 2.75) is 32.1 Å². The molecule has 0 heterocycles. The summed E-state index contributed by atoms with van der Waals surface area (Å²) in [5, 5.41) is 34.4. The van der Waals surface area contributed by atoms with Gasteiger partial charge in [0, 0.05) is 12.8 Å². The molecule has 0 aromatic rings. The van der Waals surface area contributed by atoms with Gasteiger partial charge in [0.25, 0.3) is 0 Å². The van der Waals surface area contributed by atoms with E-state index in [1.807, 2.05) is 24.3 Å². The summed E-state index contributed by atoms with van der Waals surface area (Å²) < 4.78 is 0. The predicted octanol–water partition coefficient (Wildman–Crippen LogP) is 2.02. The van der Waals surface area contributed by atoms with Crippen LogP contribution in [0.25, 0.3) is 0 Å². The molecule has 4 heteroatoms. The minimum absolute atomic E-state index is 0.202. The molecule has 0 aliphatic rings. The van der Waals surface area contributed by atoms with Crippen LogP contribution in [0.4, 0.5) is 0 Å². The van der Waals surface area contributed by atoms with Crippen LogP contribution in [0.15, 0.2) is 0 Å². The molecule has 14 heavy (non-hydrogen) atoms. The fourth-order valence-electron chi connectivity index (χ4n) is 1.11. The van der Waals surface area contributed by atoms with Crippen LogP contribution in [-0.2, 0) is 0 Å². The van der Waals surface area contributed by atoms with Gasteiger partial charge in [0.1, 0.15) is 5.41 Å². The average molecular weight is 186 g/mol. The molecular formula is C10H10N4. The van der Waals surface area contributed by atoms with Crippen LogP contribution in [0, 0.1) is 50.7 Å². The molecule has 0 aromatic carbocycles. The smallest absolute Gasteiger partial charge is 0.144 e. The van der Waals surface area contributed by atoms with Crippen molar-refractivity contribution in [1.29, 1.82) is 21.0 Å². The SMILES string of the molecule is N#CCCCC(C#N)(C#N)CCC#N. The minimum Gasteiger partial charge on any atom is -0.198 e. The highest BCUT2D eigenvalue weighted by molar-refractivity contribution is 5.14. The lowest BCUT2D eigenvalue weighted by atomic mass is 9.82. The number of unbranched alkanes of at least 4 members (excludes halogenated alkanes) is 1. The lowest BCUT2D eigenvalue weighted by molar-refractivity contribution is 0.433. The monoisotopic (exact) mass is 186 g/mol. The third-order valence-electron chi connectivity index (χ3n) is 1.98. The second kappa shape index (κ2) is 6.47. The second-order valence-corrected chi connectivity index (χ2v) is 2.98. The van der Waals surface area contributed by atoms with Gasteiger partial charge in [-0.05, 0) is 19.3 Å². The third-order valence-corrected chi connectivity index (χ3v) is 1.98. The highest BCUT2D eigenvalue weighted by atomic mass is 14.4. The van der Waals surface area contributed by atoms with Crippen LogP contribution in [0.3, 0.4) is 0 Å². The average Bonchev–Trinajstić information content (AvgIpc) is 2.24. The number of nitrogens with zero attached hydrogens (tertiary/aromatic N) is 4. The van der Waals surface area contributed by atoms with Gasteiger partial charge in [-0.3, -0.25) is 0 Å². The number of rotatable bonds is 5. The molecule has 0 radical (unpaired) electrons. The lowest BCUT2D eigenvalue weighted by Gasteiger charge is -2.15. The molecule has 0 spiro atoms. The molecule has 0 N–H and O–H groups in total. The fourth-order valence-corrected chi connectivity index (χ4v) is 1.11. The Morgan fingerprint density at radius 3 is 1.79 bits per heavy atom. The normalized spacial score (nSPS) is 9.14. The van der Waals surface area contributed by atoms with Crippen LogP contribution in [0.2, 0.25) is 0 Å². The van der Waals surface area contributed by atoms with Gasteiger partial charge in [-0.25, -0.2) is 0 Å². The molecule has 0 fully saturated rings. The summed E-state index contributed by atoms with van der Waals surface area (Å²) in [5.74, 6) is 0. The molecule has 0 unspecified atom stereocenters. The Hall–Kier alpha value is -2.04. The topological polar surface area (TPSA) is 95.2 Å². The zero-order valence-corrected chi connectivity index (χ0v) is 7.82. The molecule has 0 rings (SSSR count). The van der Waals surface area contributed by atoms with Gasteiger partial charge in [0.2, 0.25) is 0 Å². The van der Waals surface area contributed by atoms with Crippen LogP contribution < -0.4 is 0 Å². The van der Waals surface area contributed by atoms with Crippen molar-refractivity contribution in [2.24, 2.45) is 5.41 Å². The van der Waals surface area contributed by atoms with E-state index in [1.54, 1.807) is 0 Å². The molecule has 0 aliphatic carbocycles. The number of hydrogen-bond acceptors (Lipinski definition) is 4. The van der Waals surface area contributed by atoms with E-state index in [4.69, 9.17) is 21.0 Å². The predicted molar refractivity (Wildman–Crippen MR) is 48.0 cm³/mol. The summed E-state index contributed by atoms with van der Waals surface area (Å²) in [6.45, 7) is 0. The van der Waals surface area contributed by atoms with Crippen molar-refractivity contribution in [3.05, 3.63) is 0 Å². The molecule has 0 bridgehead atoms. The van der Waals surface area contributed by atoms with E-state index >= 15 is 0 Å². The van der Waals surface area contributed by atoms with Crippen molar-refractivity contribution in [1.82, 2.24) is 0 Å². The van der Waals surface area contributed by atoms with Crippen molar-refractivity contribution in [3.8, 4) is 24.3 Å².